The summed E-state index contributed by atoms with van der Waals surface area (Å²) in [5, 5.41) is 14.1. The lowest BCUT2D eigenvalue weighted by Crippen LogP contribution is -2.09. The summed E-state index contributed by atoms with van der Waals surface area (Å²) in [6, 6.07) is 12.9. The first-order chi connectivity index (χ1) is 9.49. The predicted octanol–water partition coefficient (Wildman–Crippen LogP) is 4.38. The molecule has 1 N–H and O–H groups in total. The van der Waals surface area contributed by atoms with Crippen molar-refractivity contribution in [3.8, 4) is 0 Å². The largest absolute Gasteiger partial charge is 0.378 e. The predicted molar refractivity (Wildman–Crippen MR) is 81.1 cm³/mol. The van der Waals surface area contributed by atoms with Crippen molar-refractivity contribution in [1.29, 1.82) is 0 Å². The lowest BCUT2D eigenvalue weighted by molar-refractivity contribution is -0.384. The Morgan fingerprint density at radius 3 is 2.10 bits per heavy atom. The van der Waals surface area contributed by atoms with E-state index < -0.39 is 0 Å². The van der Waals surface area contributed by atoms with Gasteiger partial charge < -0.3 is 5.32 Å². The van der Waals surface area contributed by atoms with Gasteiger partial charge in [-0.05, 0) is 37.5 Å². The molecule has 0 radical (unpaired) electrons. The fraction of sp³-hybridized carbons (Fsp3) is 0.250. The molecule has 4 nitrogen and oxygen atoms in total. The fourth-order valence-electron chi connectivity index (χ4n) is 2.23. The van der Waals surface area contributed by atoms with Crippen LogP contribution >= 0.6 is 0 Å². The van der Waals surface area contributed by atoms with Gasteiger partial charge in [0.15, 0.2) is 0 Å². The molecule has 20 heavy (non-hydrogen) atoms. The van der Waals surface area contributed by atoms with Crippen LogP contribution in [0.2, 0.25) is 0 Å². The Morgan fingerprint density at radius 2 is 1.60 bits per heavy atom. The van der Waals surface area contributed by atoms with E-state index in [1.54, 1.807) is 12.1 Å². The summed E-state index contributed by atoms with van der Waals surface area (Å²) in [4.78, 5) is 10.3. The number of para-hydroxylation sites is 1. The highest BCUT2D eigenvalue weighted by molar-refractivity contribution is 5.57. The van der Waals surface area contributed by atoms with E-state index in [0.717, 1.165) is 11.3 Å². The van der Waals surface area contributed by atoms with E-state index in [2.05, 4.69) is 31.3 Å². The van der Waals surface area contributed by atoms with E-state index in [-0.39, 0.29) is 16.7 Å². The molecule has 0 saturated heterocycles. The molecule has 0 aliphatic heterocycles. The zero-order valence-electron chi connectivity index (χ0n) is 11.9. The zero-order chi connectivity index (χ0) is 14.7. The topological polar surface area (TPSA) is 55.2 Å². The van der Waals surface area contributed by atoms with Crippen molar-refractivity contribution in [2.24, 2.45) is 0 Å². The standard InChI is InChI=1S/C16H18N2O2/c1-11-5-4-6-12(2)16(11)17-13(3)14-7-9-15(10-8-14)18(19)20/h4-10,13,17H,1-3H3. The Balaban J connectivity index is 2.19. The Morgan fingerprint density at radius 1 is 1.05 bits per heavy atom. The van der Waals surface area contributed by atoms with Crippen LogP contribution in [-0.2, 0) is 0 Å². The van der Waals surface area contributed by atoms with Gasteiger partial charge in [-0.2, -0.15) is 0 Å². The SMILES string of the molecule is Cc1cccc(C)c1NC(C)c1ccc([N+](=O)[O-])cc1. The van der Waals surface area contributed by atoms with Gasteiger partial charge in [-0.15, -0.1) is 0 Å². The van der Waals surface area contributed by atoms with Crippen LogP contribution in [-0.4, -0.2) is 4.92 Å². The molecule has 1 unspecified atom stereocenters. The molecule has 2 aromatic rings. The number of nitro benzene ring substituents is 1. The number of anilines is 1. The Kier molecular flexibility index (Phi) is 4.03. The molecule has 2 aromatic carbocycles. The average Bonchev–Trinajstić information content (AvgIpc) is 2.43. The van der Waals surface area contributed by atoms with Crippen LogP contribution in [0.5, 0.6) is 0 Å². The highest BCUT2D eigenvalue weighted by Gasteiger charge is 2.11. The van der Waals surface area contributed by atoms with Crippen LogP contribution in [0.3, 0.4) is 0 Å². The van der Waals surface area contributed by atoms with Crippen molar-refractivity contribution in [1.82, 2.24) is 0 Å². The molecular formula is C16H18N2O2. The van der Waals surface area contributed by atoms with Crippen molar-refractivity contribution in [3.63, 3.8) is 0 Å². The number of nitrogens with zero attached hydrogens (tertiary/aromatic N) is 1. The third-order valence-electron chi connectivity index (χ3n) is 3.45. The molecule has 4 heteroatoms. The van der Waals surface area contributed by atoms with Gasteiger partial charge in [-0.25, -0.2) is 0 Å². The van der Waals surface area contributed by atoms with Crippen molar-refractivity contribution >= 4 is 11.4 Å². The van der Waals surface area contributed by atoms with Crippen LogP contribution in [0.4, 0.5) is 11.4 Å². The maximum atomic E-state index is 10.7. The molecule has 0 amide bonds. The smallest absolute Gasteiger partial charge is 0.269 e. The third-order valence-corrected chi connectivity index (χ3v) is 3.45. The van der Waals surface area contributed by atoms with Crippen molar-refractivity contribution < 1.29 is 4.92 Å². The summed E-state index contributed by atoms with van der Waals surface area (Å²) in [7, 11) is 0. The molecule has 0 aliphatic rings. The number of non-ortho nitro benzene ring substituents is 1. The highest BCUT2D eigenvalue weighted by atomic mass is 16.6. The second-order valence-corrected chi connectivity index (χ2v) is 4.98. The Bertz CT molecular complexity index is 601. The van der Waals surface area contributed by atoms with E-state index in [1.807, 2.05) is 13.0 Å². The average molecular weight is 270 g/mol. The Labute approximate surface area is 118 Å². The fourth-order valence-corrected chi connectivity index (χ4v) is 2.23. The maximum absolute atomic E-state index is 10.7. The minimum atomic E-state index is -0.382. The second-order valence-electron chi connectivity index (χ2n) is 4.98. The summed E-state index contributed by atoms with van der Waals surface area (Å²) in [5.41, 5.74) is 4.65. The van der Waals surface area contributed by atoms with Gasteiger partial charge in [0, 0.05) is 23.9 Å². The van der Waals surface area contributed by atoms with E-state index >= 15 is 0 Å². The minimum absolute atomic E-state index is 0.0932. The van der Waals surface area contributed by atoms with Gasteiger partial charge in [0.2, 0.25) is 0 Å². The highest BCUT2D eigenvalue weighted by Crippen LogP contribution is 2.26. The lowest BCUT2D eigenvalue weighted by Gasteiger charge is -2.19. The number of hydrogen-bond acceptors (Lipinski definition) is 3. The number of hydrogen-bond donors (Lipinski definition) is 1. The lowest BCUT2D eigenvalue weighted by atomic mass is 10.0. The summed E-state index contributed by atoms with van der Waals surface area (Å²) in [6.45, 7) is 6.18. The third kappa shape index (κ3) is 2.96. The van der Waals surface area contributed by atoms with E-state index in [9.17, 15) is 10.1 Å². The van der Waals surface area contributed by atoms with Gasteiger partial charge >= 0.3 is 0 Å². The molecule has 1 atom stereocenters. The quantitative estimate of drug-likeness (QED) is 0.662. The van der Waals surface area contributed by atoms with Crippen LogP contribution in [0.1, 0.15) is 29.7 Å². The number of nitrogens with one attached hydrogen (secondary N) is 1. The number of nitro groups is 1. The molecule has 104 valence electrons. The monoisotopic (exact) mass is 270 g/mol. The second kappa shape index (κ2) is 5.74. The molecule has 2 rings (SSSR count). The molecule has 0 fully saturated rings. The molecular weight excluding hydrogens is 252 g/mol. The molecule has 0 spiro atoms. The number of aryl methyl sites for hydroxylation is 2. The molecule has 0 aromatic heterocycles. The van der Waals surface area contributed by atoms with Crippen LogP contribution in [0, 0.1) is 24.0 Å². The number of rotatable bonds is 4. The van der Waals surface area contributed by atoms with Gasteiger partial charge in [0.05, 0.1) is 4.92 Å². The molecule has 0 bridgehead atoms. The maximum Gasteiger partial charge on any atom is 0.269 e. The van der Waals surface area contributed by atoms with E-state index in [1.165, 1.54) is 23.3 Å². The molecule has 0 heterocycles. The van der Waals surface area contributed by atoms with Gasteiger partial charge in [-0.1, -0.05) is 30.3 Å². The van der Waals surface area contributed by atoms with Crippen LogP contribution in [0.15, 0.2) is 42.5 Å². The number of benzene rings is 2. The van der Waals surface area contributed by atoms with Crippen molar-refractivity contribution in [2.45, 2.75) is 26.8 Å². The first-order valence-corrected chi connectivity index (χ1v) is 6.56. The molecule has 0 saturated carbocycles. The van der Waals surface area contributed by atoms with Crippen molar-refractivity contribution in [3.05, 3.63) is 69.3 Å². The van der Waals surface area contributed by atoms with Gasteiger partial charge in [0.1, 0.15) is 0 Å². The summed E-state index contributed by atoms with van der Waals surface area (Å²) >= 11 is 0. The van der Waals surface area contributed by atoms with E-state index in [4.69, 9.17) is 0 Å². The van der Waals surface area contributed by atoms with Gasteiger partial charge in [-0.3, -0.25) is 10.1 Å². The van der Waals surface area contributed by atoms with Crippen molar-refractivity contribution in [2.75, 3.05) is 5.32 Å². The summed E-state index contributed by atoms with van der Waals surface area (Å²) in [6.07, 6.45) is 0. The van der Waals surface area contributed by atoms with Gasteiger partial charge in [0.25, 0.3) is 5.69 Å². The summed E-state index contributed by atoms with van der Waals surface area (Å²) in [5.74, 6) is 0. The van der Waals surface area contributed by atoms with Crippen LogP contribution in [0.25, 0.3) is 0 Å². The first kappa shape index (κ1) is 14.1. The zero-order valence-corrected chi connectivity index (χ0v) is 11.9. The normalized spacial score (nSPS) is 11.9. The Hall–Kier alpha value is -2.36. The minimum Gasteiger partial charge on any atom is -0.378 e. The van der Waals surface area contributed by atoms with Crippen LogP contribution < -0.4 is 5.32 Å². The first-order valence-electron chi connectivity index (χ1n) is 6.56. The van der Waals surface area contributed by atoms with E-state index in [0.29, 0.717) is 0 Å². The summed E-state index contributed by atoms with van der Waals surface area (Å²) < 4.78 is 0. The molecule has 0 aliphatic carbocycles.